The third-order valence-electron chi connectivity index (χ3n) is 7.72. The van der Waals surface area contributed by atoms with Crippen molar-refractivity contribution in [3.05, 3.63) is 59.7 Å². The Morgan fingerprint density at radius 2 is 1.14 bits per heavy atom. The molecule has 0 N–H and O–H groups in total. The van der Waals surface area contributed by atoms with E-state index in [2.05, 4.69) is 24.3 Å². The zero-order valence-corrected chi connectivity index (χ0v) is 17.4. The van der Waals surface area contributed by atoms with Crippen molar-refractivity contribution in [1.29, 1.82) is 0 Å². The molecule has 2 aromatic carbocycles. The van der Waals surface area contributed by atoms with Crippen LogP contribution in [0, 0.1) is 23.2 Å². The predicted octanol–water partition coefficient (Wildman–Crippen LogP) is 5.62. The van der Waals surface area contributed by atoms with Gasteiger partial charge in [-0.3, -0.25) is 4.79 Å². The van der Waals surface area contributed by atoms with Crippen molar-refractivity contribution < 1.29 is 14.3 Å². The number of hydrogen-bond acceptors (Lipinski definition) is 3. The number of ether oxygens (including phenoxy) is 2. The van der Waals surface area contributed by atoms with Crippen molar-refractivity contribution in [2.75, 3.05) is 14.2 Å². The zero-order chi connectivity index (χ0) is 20.0. The molecule has 152 valence electrons. The molecule has 0 aromatic heterocycles. The number of carbonyl (C=O) groups excluding carboxylic acids is 1. The summed E-state index contributed by atoms with van der Waals surface area (Å²) in [7, 11) is 3.35. The molecule has 0 radical (unpaired) electrons. The molecule has 0 heterocycles. The standard InChI is InChI=1S/C26H30O3/c1-28-22-7-3-20(4-8-22)24(21-5-9-23(29-2)10-6-21)25(27)26-14-17-11-18(15-26)13-19(12-17)16-26/h3-10,17-19,24H,11-16H2,1-2H3. The molecular formula is C26H30O3. The minimum absolute atomic E-state index is 0.126. The second-order valence-corrected chi connectivity index (χ2v) is 9.54. The van der Waals surface area contributed by atoms with Crippen molar-refractivity contribution in [2.45, 2.75) is 44.4 Å². The maximum Gasteiger partial charge on any atom is 0.150 e. The van der Waals surface area contributed by atoms with Gasteiger partial charge < -0.3 is 9.47 Å². The predicted molar refractivity (Wildman–Crippen MR) is 113 cm³/mol. The van der Waals surface area contributed by atoms with E-state index in [4.69, 9.17) is 9.47 Å². The first-order valence-corrected chi connectivity index (χ1v) is 10.9. The monoisotopic (exact) mass is 390 g/mol. The molecule has 4 saturated carbocycles. The first-order chi connectivity index (χ1) is 14.1. The smallest absolute Gasteiger partial charge is 0.150 e. The fourth-order valence-corrected chi connectivity index (χ4v) is 6.81. The van der Waals surface area contributed by atoms with Crippen LogP contribution in [-0.4, -0.2) is 20.0 Å². The summed E-state index contributed by atoms with van der Waals surface area (Å²) in [5.74, 6) is 4.15. The van der Waals surface area contributed by atoms with Gasteiger partial charge in [0.2, 0.25) is 0 Å². The van der Waals surface area contributed by atoms with Crippen LogP contribution in [0.15, 0.2) is 48.5 Å². The molecule has 2 aromatic rings. The third-order valence-corrected chi connectivity index (χ3v) is 7.72. The van der Waals surface area contributed by atoms with Crippen LogP contribution in [0.1, 0.15) is 55.6 Å². The first kappa shape index (κ1) is 18.7. The van der Waals surface area contributed by atoms with Crippen LogP contribution in [0.5, 0.6) is 11.5 Å². The van der Waals surface area contributed by atoms with Gasteiger partial charge in [-0.05, 0) is 91.7 Å². The SMILES string of the molecule is COc1ccc(C(C(=O)C23CC4CC(CC(C4)C2)C3)c2ccc(OC)cc2)cc1. The molecule has 0 aliphatic heterocycles. The summed E-state index contributed by atoms with van der Waals surface area (Å²) < 4.78 is 10.7. The van der Waals surface area contributed by atoms with E-state index in [0.717, 1.165) is 59.6 Å². The number of Topliss-reactive ketones (excluding diaryl/α,β-unsaturated/α-hetero) is 1. The van der Waals surface area contributed by atoms with Crippen LogP contribution in [-0.2, 0) is 4.79 Å². The van der Waals surface area contributed by atoms with Gasteiger partial charge in [0.1, 0.15) is 11.5 Å². The molecule has 0 amide bonds. The van der Waals surface area contributed by atoms with Crippen LogP contribution in [0.4, 0.5) is 0 Å². The Balaban J connectivity index is 1.54. The maximum absolute atomic E-state index is 14.2. The van der Waals surface area contributed by atoms with Crippen LogP contribution in [0.2, 0.25) is 0 Å². The van der Waals surface area contributed by atoms with E-state index in [0.29, 0.717) is 5.78 Å². The van der Waals surface area contributed by atoms with Crippen LogP contribution in [0.3, 0.4) is 0 Å². The fraction of sp³-hybridized carbons (Fsp3) is 0.500. The summed E-state index contributed by atoms with van der Waals surface area (Å²) in [5.41, 5.74) is 2.01. The van der Waals surface area contributed by atoms with Gasteiger partial charge in [-0.2, -0.15) is 0 Å². The van der Waals surface area contributed by atoms with E-state index < -0.39 is 0 Å². The lowest BCUT2D eigenvalue weighted by Crippen LogP contribution is -2.51. The average Bonchev–Trinajstić information content (AvgIpc) is 2.74. The molecule has 4 fully saturated rings. The van der Waals surface area contributed by atoms with E-state index in [9.17, 15) is 4.79 Å². The summed E-state index contributed by atoms with van der Waals surface area (Å²) in [6.07, 6.45) is 7.34. The van der Waals surface area contributed by atoms with Crippen LogP contribution >= 0.6 is 0 Å². The lowest BCUT2D eigenvalue weighted by Gasteiger charge is -2.56. The van der Waals surface area contributed by atoms with Gasteiger partial charge in [-0.25, -0.2) is 0 Å². The lowest BCUT2D eigenvalue weighted by molar-refractivity contribution is -0.144. The molecule has 4 aliphatic carbocycles. The molecule has 0 atom stereocenters. The molecule has 4 bridgehead atoms. The number of benzene rings is 2. The van der Waals surface area contributed by atoms with Crippen molar-refractivity contribution >= 4 is 5.78 Å². The molecule has 0 unspecified atom stereocenters. The van der Waals surface area contributed by atoms with Gasteiger partial charge in [0.25, 0.3) is 0 Å². The molecule has 0 saturated heterocycles. The van der Waals surface area contributed by atoms with E-state index in [1.165, 1.54) is 19.3 Å². The van der Waals surface area contributed by atoms with Crippen molar-refractivity contribution in [1.82, 2.24) is 0 Å². The Bertz CT molecular complexity index is 798. The van der Waals surface area contributed by atoms with E-state index in [1.54, 1.807) is 14.2 Å². The minimum atomic E-state index is -0.219. The topological polar surface area (TPSA) is 35.5 Å². The molecule has 3 heteroatoms. The number of carbonyl (C=O) groups is 1. The highest BCUT2D eigenvalue weighted by Gasteiger charge is 2.55. The quantitative estimate of drug-likeness (QED) is 0.642. The lowest BCUT2D eigenvalue weighted by atomic mass is 9.47. The second kappa shape index (κ2) is 7.19. The number of hydrogen-bond donors (Lipinski definition) is 0. The van der Waals surface area contributed by atoms with Gasteiger partial charge >= 0.3 is 0 Å². The Hall–Kier alpha value is -2.29. The molecular weight excluding hydrogens is 360 g/mol. The fourth-order valence-electron chi connectivity index (χ4n) is 6.81. The summed E-state index contributed by atoms with van der Waals surface area (Å²) in [4.78, 5) is 14.2. The Kier molecular flexibility index (Phi) is 4.64. The average molecular weight is 391 g/mol. The van der Waals surface area contributed by atoms with Gasteiger partial charge in [0, 0.05) is 5.41 Å². The maximum atomic E-state index is 14.2. The number of ketones is 1. The first-order valence-electron chi connectivity index (χ1n) is 10.9. The Labute approximate surface area is 173 Å². The van der Waals surface area contributed by atoms with E-state index in [1.807, 2.05) is 24.3 Å². The van der Waals surface area contributed by atoms with E-state index in [-0.39, 0.29) is 11.3 Å². The highest BCUT2D eigenvalue weighted by Crippen LogP contribution is 2.61. The van der Waals surface area contributed by atoms with Crippen LogP contribution < -0.4 is 9.47 Å². The largest absolute Gasteiger partial charge is 0.497 e. The Morgan fingerprint density at radius 1 is 0.759 bits per heavy atom. The van der Waals surface area contributed by atoms with Crippen LogP contribution in [0.25, 0.3) is 0 Å². The van der Waals surface area contributed by atoms with Gasteiger partial charge in [0.15, 0.2) is 5.78 Å². The Morgan fingerprint density at radius 3 is 1.48 bits per heavy atom. The number of rotatable bonds is 6. The third kappa shape index (κ3) is 3.25. The van der Waals surface area contributed by atoms with Gasteiger partial charge in [0.05, 0.1) is 20.1 Å². The van der Waals surface area contributed by atoms with Crippen molar-refractivity contribution in [3.8, 4) is 11.5 Å². The molecule has 3 nitrogen and oxygen atoms in total. The highest BCUT2D eigenvalue weighted by molar-refractivity contribution is 5.94. The van der Waals surface area contributed by atoms with E-state index >= 15 is 0 Å². The van der Waals surface area contributed by atoms with Gasteiger partial charge in [-0.1, -0.05) is 24.3 Å². The molecule has 29 heavy (non-hydrogen) atoms. The summed E-state index contributed by atoms with van der Waals surface area (Å²) in [6, 6.07) is 16.1. The summed E-state index contributed by atoms with van der Waals surface area (Å²) in [6.45, 7) is 0. The highest BCUT2D eigenvalue weighted by atomic mass is 16.5. The molecule has 0 spiro atoms. The summed E-state index contributed by atoms with van der Waals surface area (Å²) in [5, 5.41) is 0. The summed E-state index contributed by atoms with van der Waals surface area (Å²) >= 11 is 0. The van der Waals surface area contributed by atoms with Gasteiger partial charge in [-0.15, -0.1) is 0 Å². The van der Waals surface area contributed by atoms with Crippen molar-refractivity contribution in [3.63, 3.8) is 0 Å². The number of methoxy groups -OCH3 is 2. The van der Waals surface area contributed by atoms with Crippen molar-refractivity contribution in [2.24, 2.45) is 23.2 Å². The minimum Gasteiger partial charge on any atom is -0.497 e. The second-order valence-electron chi connectivity index (χ2n) is 9.54. The molecule has 4 aliphatic rings. The zero-order valence-electron chi connectivity index (χ0n) is 17.4. The molecule has 6 rings (SSSR count). The normalized spacial score (nSPS) is 29.8.